The number of likely N-dealkylation sites (N-methyl/N-ethyl adjacent to an activating group) is 1. The van der Waals surface area contributed by atoms with Crippen LogP contribution in [0.15, 0.2) is 45.3 Å². The van der Waals surface area contributed by atoms with E-state index in [9.17, 15) is 4.39 Å². The Labute approximate surface area is 139 Å². The summed E-state index contributed by atoms with van der Waals surface area (Å²) < 4.78 is 15.2. The summed E-state index contributed by atoms with van der Waals surface area (Å²) in [4.78, 5) is 0. The van der Waals surface area contributed by atoms with Crippen LogP contribution in [0.1, 0.15) is 17.2 Å². The lowest BCUT2D eigenvalue weighted by Crippen LogP contribution is -2.19. The lowest BCUT2D eigenvalue weighted by molar-refractivity contribution is 0.576. The van der Waals surface area contributed by atoms with Crippen LogP contribution >= 0.6 is 43.5 Å². The summed E-state index contributed by atoms with van der Waals surface area (Å²) in [6.45, 7) is 0. The van der Waals surface area contributed by atoms with Gasteiger partial charge >= 0.3 is 0 Å². The number of halogens is 4. The van der Waals surface area contributed by atoms with Gasteiger partial charge in [0, 0.05) is 20.0 Å². The zero-order chi connectivity index (χ0) is 14.7. The highest BCUT2D eigenvalue weighted by Crippen LogP contribution is 2.28. The first-order valence-electron chi connectivity index (χ1n) is 6.07. The topological polar surface area (TPSA) is 12.0 Å². The molecule has 106 valence electrons. The Balaban J connectivity index is 2.28. The third-order valence-electron chi connectivity index (χ3n) is 3.07. The van der Waals surface area contributed by atoms with Gasteiger partial charge < -0.3 is 5.32 Å². The van der Waals surface area contributed by atoms with Gasteiger partial charge in [0.2, 0.25) is 0 Å². The molecule has 0 aliphatic heterocycles. The largest absolute Gasteiger partial charge is 0.313 e. The fourth-order valence-electron chi connectivity index (χ4n) is 2.07. The average molecular weight is 422 g/mol. The van der Waals surface area contributed by atoms with Crippen LogP contribution in [0.5, 0.6) is 0 Å². The molecule has 0 aliphatic rings. The van der Waals surface area contributed by atoms with Crippen molar-refractivity contribution in [2.75, 3.05) is 7.05 Å². The number of nitrogens with one attached hydrogen (secondary N) is 1. The molecule has 0 radical (unpaired) electrons. The van der Waals surface area contributed by atoms with E-state index in [1.165, 1.54) is 6.07 Å². The van der Waals surface area contributed by atoms with Gasteiger partial charge in [-0.05, 0) is 54.9 Å². The SMILES string of the molecule is CNC(Cc1ccc(Br)cc1Cl)c1cc(F)cc(Br)c1. The Bertz CT molecular complexity index is 599. The Morgan fingerprint density at radius 1 is 1.15 bits per heavy atom. The fourth-order valence-corrected chi connectivity index (χ4v) is 3.30. The maximum absolute atomic E-state index is 13.5. The first kappa shape index (κ1) is 16.0. The quantitative estimate of drug-likeness (QED) is 0.687. The maximum Gasteiger partial charge on any atom is 0.124 e. The van der Waals surface area contributed by atoms with E-state index in [0.717, 1.165) is 20.1 Å². The lowest BCUT2D eigenvalue weighted by atomic mass is 9.99. The van der Waals surface area contributed by atoms with Gasteiger partial charge in [-0.15, -0.1) is 0 Å². The molecule has 5 heteroatoms. The average Bonchev–Trinajstić information content (AvgIpc) is 2.36. The van der Waals surface area contributed by atoms with Crippen LogP contribution in [-0.2, 0) is 6.42 Å². The summed E-state index contributed by atoms with van der Waals surface area (Å²) in [7, 11) is 1.86. The summed E-state index contributed by atoms with van der Waals surface area (Å²) in [5.41, 5.74) is 1.91. The van der Waals surface area contributed by atoms with Crippen LogP contribution in [0.2, 0.25) is 5.02 Å². The van der Waals surface area contributed by atoms with Gasteiger partial charge in [-0.2, -0.15) is 0 Å². The fraction of sp³-hybridized carbons (Fsp3) is 0.200. The van der Waals surface area contributed by atoms with Crippen LogP contribution in [0.25, 0.3) is 0 Å². The zero-order valence-electron chi connectivity index (χ0n) is 10.8. The molecule has 1 N–H and O–H groups in total. The summed E-state index contributed by atoms with van der Waals surface area (Å²) in [5.74, 6) is -0.253. The Kier molecular flexibility index (Phi) is 5.61. The summed E-state index contributed by atoms with van der Waals surface area (Å²) in [6, 6.07) is 10.7. The minimum atomic E-state index is -0.253. The number of benzene rings is 2. The third kappa shape index (κ3) is 4.04. The molecule has 0 bridgehead atoms. The van der Waals surface area contributed by atoms with Crippen LogP contribution in [0, 0.1) is 5.82 Å². The van der Waals surface area contributed by atoms with Gasteiger partial charge in [-0.25, -0.2) is 4.39 Å². The van der Waals surface area contributed by atoms with Crippen molar-refractivity contribution < 1.29 is 4.39 Å². The highest BCUT2D eigenvalue weighted by molar-refractivity contribution is 9.10. The van der Waals surface area contributed by atoms with Crippen LogP contribution in [0.3, 0.4) is 0 Å². The van der Waals surface area contributed by atoms with Crippen molar-refractivity contribution in [1.29, 1.82) is 0 Å². The standard InChI is InChI=1S/C15H13Br2ClFN/c1-20-15(10-4-12(17)7-13(19)5-10)6-9-2-3-11(16)8-14(9)18/h2-5,7-8,15,20H,6H2,1H3. The summed E-state index contributed by atoms with van der Waals surface area (Å²) in [6.07, 6.45) is 0.693. The molecule has 0 spiro atoms. The van der Waals surface area contributed by atoms with Gasteiger partial charge in [0.05, 0.1) is 0 Å². The maximum atomic E-state index is 13.5. The van der Waals surface area contributed by atoms with E-state index in [4.69, 9.17) is 11.6 Å². The molecule has 0 fully saturated rings. The van der Waals surface area contributed by atoms with Gasteiger partial charge in [-0.1, -0.05) is 49.5 Å². The molecule has 0 saturated heterocycles. The predicted octanol–water partition coefficient (Wildman–Crippen LogP) is 5.51. The van der Waals surface area contributed by atoms with Crippen molar-refractivity contribution in [3.05, 3.63) is 67.3 Å². The third-order valence-corrected chi connectivity index (χ3v) is 4.38. The molecular formula is C15H13Br2ClFN. The van der Waals surface area contributed by atoms with E-state index >= 15 is 0 Å². The molecule has 2 aromatic rings. The Hall–Kier alpha value is -0.420. The summed E-state index contributed by atoms with van der Waals surface area (Å²) >= 11 is 12.9. The van der Waals surface area contributed by atoms with E-state index in [2.05, 4.69) is 37.2 Å². The second-order valence-electron chi connectivity index (χ2n) is 4.48. The lowest BCUT2D eigenvalue weighted by Gasteiger charge is -2.18. The van der Waals surface area contributed by atoms with Crippen molar-refractivity contribution in [2.24, 2.45) is 0 Å². The molecule has 0 saturated carbocycles. The molecule has 1 unspecified atom stereocenters. The van der Waals surface area contributed by atoms with E-state index in [0.29, 0.717) is 11.4 Å². The minimum absolute atomic E-state index is 0.000625. The first-order valence-corrected chi connectivity index (χ1v) is 8.03. The van der Waals surface area contributed by atoms with Crippen molar-refractivity contribution in [1.82, 2.24) is 5.32 Å². The molecule has 2 rings (SSSR count). The van der Waals surface area contributed by atoms with E-state index in [1.54, 1.807) is 6.07 Å². The van der Waals surface area contributed by atoms with Crippen molar-refractivity contribution in [3.63, 3.8) is 0 Å². The molecule has 0 aromatic heterocycles. The minimum Gasteiger partial charge on any atom is -0.313 e. The molecule has 1 nitrogen and oxygen atoms in total. The number of hydrogen-bond acceptors (Lipinski definition) is 1. The van der Waals surface area contributed by atoms with Gasteiger partial charge in [0.15, 0.2) is 0 Å². The summed E-state index contributed by atoms with van der Waals surface area (Å²) in [5, 5.41) is 3.91. The van der Waals surface area contributed by atoms with Gasteiger partial charge in [0.25, 0.3) is 0 Å². The van der Waals surface area contributed by atoms with E-state index < -0.39 is 0 Å². The molecule has 20 heavy (non-hydrogen) atoms. The highest BCUT2D eigenvalue weighted by atomic mass is 79.9. The van der Waals surface area contributed by atoms with E-state index in [1.807, 2.05) is 31.3 Å². The number of rotatable bonds is 4. The van der Waals surface area contributed by atoms with Crippen molar-refractivity contribution in [2.45, 2.75) is 12.5 Å². The van der Waals surface area contributed by atoms with Gasteiger partial charge in [-0.3, -0.25) is 0 Å². The van der Waals surface area contributed by atoms with Crippen LogP contribution in [-0.4, -0.2) is 7.05 Å². The van der Waals surface area contributed by atoms with Crippen molar-refractivity contribution >= 4 is 43.5 Å². The van der Waals surface area contributed by atoms with Crippen LogP contribution < -0.4 is 5.32 Å². The zero-order valence-corrected chi connectivity index (χ0v) is 14.7. The number of hydrogen-bond donors (Lipinski definition) is 1. The monoisotopic (exact) mass is 419 g/mol. The molecule has 1 atom stereocenters. The smallest absolute Gasteiger partial charge is 0.124 e. The Morgan fingerprint density at radius 3 is 2.50 bits per heavy atom. The second kappa shape index (κ2) is 7.03. The normalized spacial score (nSPS) is 12.4. The first-order chi connectivity index (χ1) is 9.49. The van der Waals surface area contributed by atoms with E-state index in [-0.39, 0.29) is 11.9 Å². The highest BCUT2D eigenvalue weighted by Gasteiger charge is 2.14. The van der Waals surface area contributed by atoms with Crippen LogP contribution in [0.4, 0.5) is 4.39 Å². The molecular weight excluding hydrogens is 408 g/mol. The predicted molar refractivity (Wildman–Crippen MR) is 88.8 cm³/mol. The van der Waals surface area contributed by atoms with Gasteiger partial charge in [0.1, 0.15) is 5.82 Å². The van der Waals surface area contributed by atoms with Crippen molar-refractivity contribution in [3.8, 4) is 0 Å². The molecule has 0 amide bonds. The second-order valence-corrected chi connectivity index (χ2v) is 6.72. The molecule has 0 heterocycles. The molecule has 2 aromatic carbocycles. The molecule has 0 aliphatic carbocycles. The Morgan fingerprint density at radius 2 is 1.90 bits per heavy atom.